The normalized spacial score (nSPS) is 20.5. The van der Waals surface area contributed by atoms with E-state index in [0.717, 1.165) is 0 Å². The minimum absolute atomic E-state index is 0.127. The molecule has 0 spiro atoms. The Morgan fingerprint density at radius 2 is 2.13 bits per heavy atom. The maximum atomic E-state index is 13.2. The standard InChI is InChI=1S/C16H15FN2O3S/c1-3-22-15(21)13-9(2)18-16-19(12(20)8-23-16)14(13)10-4-6-11(17)7-5-10/h4-7,14H,3,8H2,1-2H3/t14-/m0/s1. The third-order valence-corrected chi connectivity index (χ3v) is 4.60. The summed E-state index contributed by atoms with van der Waals surface area (Å²) in [4.78, 5) is 30.5. The molecule has 1 fully saturated rings. The smallest absolute Gasteiger partial charge is 0.338 e. The van der Waals surface area contributed by atoms with Crippen molar-refractivity contribution in [1.29, 1.82) is 0 Å². The van der Waals surface area contributed by atoms with E-state index in [9.17, 15) is 14.0 Å². The summed E-state index contributed by atoms with van der Waals surface area (Å²) in [7, 11) is 0. The van der Waals surface area contributed by atoms with Gasteiger partial charge in [0, 0.05) is 0 Å². The summed E-state index contributed by atoms with van der Waals surface area (Å²) in [6.45, 7) is 3.66. The molecule has 2 heterocycles. The molecule has 1 aromatic carbocycles. The van der Waals surface area contributed by atoms with E-state index in [-0.39, 0.29) is 24.1 Å². The molecule has 1 amide bonds. The van der Waals surface area contributed by atoms with Crippen molar-refractivity contribution in [3.05, 3.63) is 46.9 Å². The molecule has 0 aliphatic carbocycles. The van der Waals surface area contributed by atoms with Crippen molar-refractivity contribution in [3.63, 3.8) is 0 Å². The van der Waals surface area contributed by atoms with Crippen molar-refractivity contribution in [2.75, 3.05) is 12.4 Å². The summed E-state index contributed by atoms with van der Waals surface area (Å²) in [5, 5.41) is 0.565. The summed E-state index contributed by atoms with van der Waals surface area (Å²) >= 11 is 1.33. The first-order chi connectivity index (χ1) is 11.0. The second-order valence-corrected chi connectivity index (χ2v) is 6.06. The van der Waals surface area contributed by atoms with E-state index in [1.165, 1.54) is 28.8 Å². The third kappa shape index (κ3) is 2.76. The largest absolute Gasteiger partial charge is 0.463 e. The van der Waals surface area contributed by atoms with Crippen molar-refractivity contribution in [1.82, 2.24) is 4.90 Å². The highest BCUT2D eigenvalue weighted by Gasteiger charge is 2.43. The second-order valence-electron chi connectivity index (χ2n) is 5.12. The van der Waals surface area contributed by atoms with Gasteiger partial charge < -0.3 is 4.74 Å². The molecule has 2 aliphatic heterocycles. The summed E-state index contributed by atoms with van der Waals surface area (Å²) in [5.41, 5.74) is 1.49. The first-order valence-corrected chi connectivity index (χ1v) is 8.18. The first-order valence-electron chi connectivity index (χ1n) is 7.19. The van der Waals surface area contributed by atoms with Gasteiger partial charge in [0.25, 0.3) is 0 Å². The van der Waals surface area contributed by atoms with Crippen LogP contribution in [-0.2, 0) is 14.3 Å². The number of allylic oxidation sites excluding steroid dienone is 1. The van der Waals surface area contributed by atoms with E-state index in [0.29, 0.717) is 22.0 Å². The molecule has 1 atom stereocenters. The Balaban J connectivity index is 2.13. The molecule has 0 unspecified atom stereocenters. The fourth-order valence-electron chi connectivity index (χ4n) is 2.67. The number of fused-ring (bicyclic) bond motifs is 1. The number of thioether (sulfide) groups is 1. The Morgan fingerprint density at radius 3 is 2.78 bits per heavy atom. The summed E-state index contributed by atoms with van der Waals surface area (Å²) < 4.78 is 18.4. The minimum atomic E-state index is -0.635. The number of aliphatic imine (C=N–C) groups is 1. The lowest BCUT2D eigenvalue weighted by Crippen LogP contribution is -2.39. The SMILES string of the molecule is CCOC(=O)C1=C(C)N=C2SCC(=O)N2[C@H]1c1ccc(F)cc1. The molecule has 7 heteroatoms. The Kier molecular flexibility index (Phi) is 4.21. The predicted molar refractivity (Wildman–Crippen MR) is 85.2 cm³/mol. The van der Waals surface area contributed by atoms with Gasteiger partial charge in [-0.25, -0.2) is 14.2 Å². The van der Waals surface area contributed by atoms with Gasteiger partial charge in [-0.15, -0.1) is 0 Å². The molecule has 0 N–H and O–H groups in total. The lowest BCUT2D eigenvalue weighted by Gasteiger charge is -2.32. The highest BCUT2D eigenvalue weighted by atomic mass is 32.2. The summed E-state index contributed by atoms with van der Waals surface area (Å²) in [6.07, 6.45) is 0. The number of amidine groups is 1. The van der Waals surface area contributed by atoms with E-state index < -0.39 is 12.0 Å². The molecule has 23 heavy (non-hydrogen) atoms. The molecule has 3 rings (SSSR count). The topological polar surface area (TPSA) is 59.0 Å². The number of halogens is 1. The Morgan fingerprint density at radius 1 is 1.43 bits per heavy atom. The van der Waals surface area contributed by atoms with Crippen LogP contribution < -0.4 is 0 Å². The van der Waals surface area contributed by atoms with Crippen molar-refractivity contribution < 1.29 is 18.7 Å². The maximum Gasteiger partial charge on any atom is 0.338 e. The zero-order valence-corrected chi connectivity index (χ0v) is 13.5. The first kappa shape index (κ1) is 15.7. The van der Waals surface area contributed by atoms with Gasteiger partial charge in [-0.1, -0.05) is 23.9 Å². The highest BCUT2D eigenvalue weighted by Crippen LogP contribution is 2.40. The average Bonchev–Trinajstić information content (AvgIpc) is 2.88. The number of nitrogens with zero attached hydrogens (tertiary/aromatic N) is 2. The fourth-order valence-corrected chi connectivity index (χ4v) is 3.61. The van der Waals surface area contributed by atoms with Gasteiger partial charge >= 0.3 is 5.97 Å². The van der Waals surface area contributed by atoms with Gasteiger partial charge in [-0.2, -0.15) is 0 Å². The molecular formula is C16H15FN2O3S. The van der Waals surface area contributed by atoms with Crippen LogP contribution in [0, 0.1) is 5.82 Å². The third-order valence-electron chi connectivity index (χ3n) is 3.67. The number of ether oxygens (including phenoxy) is 1. The molecule has 0 radical (unpaired) electrons. The van der Waals surface area contributed by atoms with Crippen LogP contribution in [-0.4, -0.2) is 34.3 Å². The summed E-state index contributed by atoms with van der Waals surface area (Å²) in [6, 6.07) is 5.14. The van der Waals surface area contributed by atoms with E-state index in [4.69, 9.17) is 4.74 Å². The Bertz CT molecular complexity index is 727. The lowest BCUT2D eigenvalue weighted by atomic mass is 9.94. The van der Waals surface area contributed by atoms with Crippen LogP contribution in [0.4, 0.5) is 4.39 Å². The van der Waals surface area contributed by atoms with Crippen LogP contribution in [0.1, 0.15) is 25.5 Å². The zero-order chi connectivity index (χ0) is 16.6. The lowest BCUT2D eigenvalue weighted by molar-refractivity contribution is -0.139. The van der Waals surface area contributed by atoms with E-state index in [1.54, 1.807) is 26.0 Å². The van der Waals surface area contributed by atoms with Gasteiger partial charge in [0.05, 0.1) is 29.7 Å². The average molecular weight is 334 g/mol. The molecule has 120 valence electrons. The number of carbonyl (C=O) groups excluding carboxylic acids is 2. The molecule has 1 saturated heterocycles. The van der Waals surface area contributed by atoms with Gasteiger partial charge in [0.15, 0.2) is 5.17 Å². The molecule has 0 saturated carbocycles. The highest BCUT2D eigenvalue weighted by molar-refractivity contribution is 8.15. The Hall–Kier alpha value is -2.15. The van der Waals surface area contributed by atoms with Crippen molar-refractivity contribution >= 4 is 28.8 Å². The number of rotatable bonds is 3. The summed E-state index contributed by atoms with van der Waals surface area (Å²) in [5.74, 6) is -0.733. The molecule has 0 aromatic heterocycles. The van der Waals surface area contributed by atoms with Crippen LogP contribution in [0.5, 0.6) is 0 Å². The van der Waals surface area contributed by atoms with Crippen molar-refractivity contribution in [2.45, 2.75) is 19.9 Å². The number of hydrogen-bond acceptors (Lipinski definition) is 5. The monoisotopic (exact) mass is 334 g/mol. The number of carbonyl (C=O) groups is 2. The number of esters is 1. The van der Waals surface area contributed by atoms with Crippen molar-refractivity contribution in [3.8, 4) is 0 Å². The van der Waals surface area contributed by atoms with Gasteiger partial charge in [0.2, 0.25) is 5.91 Å². The molecule has 5 nitrogen and oxygen atoms in total. The van der Waals surface area contributed by atoms with Crippen LogP contribution in [0.15, 0.2) is 40.5 Å². The maximum absolute atomic E-state index is 13.2. The van der Waals surface area contributed by atoms with E-state index >= 15 is 0 Å². The van der Waals surface area contributed by atoms with Gasteiger partial charge in [-0.05, 0) is 31.5 Å². The second kappa shape index (κ2) is 6.16. The quantitative estimate of drug-likeness (QED) is 0.798. The molecule has 2 aliphatic rings. The minimum Gasteiger partial charge on any atom is -0.463 e. The van der Waals surface area contributed by atoms with E-state index in [1.807, 2.05) is 0 Å². The Labute approximate surface area is 137 Å². The van der Waals surface area contributed by atoms with Crippen LogP contribution in [0.3, 0.4) is 0 Å². The fraction of sp³-hybridized carbons (Fsp3) is 0.312. The molecule has 0 bridgehead atoms. The van der Waals surface area contributed by atoms with Crippen LogP contribution >= 0.6 is 11.8 Å². The van der Waals surface area contributed by atoms with Crippen LogP contribution in [0.25, 0.3) is 0 Å². The molecular weight excluding hydrogens is 319 g/mol. The number of amides is 1. The number of hydrogen-bond donors (Lipinski definition) is 0. The molecule has 1 aromatic rings. The van der Waals surface area contributed by atoms with Gasteiger partial charge in [-0.3, -0.25) is 9.69 Å². The predicted octanol–water partition coefficient (Wildman–Crippen LogP) is 2.65. The van der Waals surface area contributed by atoms with Gasteiger partial charge in [0.1, 0.15) is 5.82 Å². The van der Waals surface area contributed by atoms with Crippen LogP contribution in [0.2, 0.25) is 0 Å². The number of benzene rings is 1. The van der Waals surface area contributed by atoms with E-state index in [2.05, 4.69) is 4.99 Å². The van der Waals surface area contributed by atoms with Crippen molar-refractivity contribution in [2.24, 2.45) is 4.99 Å². The zero-order valence-electron chi connectivity index (χ0n) is 12.7.